The summed E-state index contributed by atoms with van der Waals surface area (Å²) in [5, 5.41) is 23.6. The Morgan fingerprint density at radius 1 is 1.38 bits per heavy atom. The van der Waals surface area contributed by atoms with Crippen molar-refractivity contribution in [2.75, 3.05) is 17.6 Å². The van der Waals surface area contributed by atoms with E-state index in [1.54, 1.807) is 6.07 Å². The van der Waals surface area contributed by atoms with Crippen molar-refractivity contribution in [3.05, 3.63) is 31.7 Å². The number of hydrogen-bond acceptors (Lipinski definition) is 9. The summed E-state index contributed by atoms with van der Waals surface area (Å²) in [6, 6.07) is 0.430. The first-order chi connectivity index (χ1) is 15.1. The monoisotopic (exact) mass is 481 g/mol. The third kappa shape index (κ3) is 5.79. The Balaban J connectivity index is 1.60. The van der Waals surface area contributed by atoms with Crippen LogP contribution in [0.15, 0.2) is 15.8 Å². The van der Waals surface area contributed by atoms with Crippen LogP contribution in [0.2, 0.25) is 0 Å². The molecule has 0 aliphatic carbocycles. The Hall–Kier alpha value is -3.06. The van der Waals surface area contributed by atoms with Crippen LogP contribution in [-0.4, -0.2) is 55.9 Å². The lowest BCUT2D eigenvalue weighted by Gasteiger charge is -2.24. The summed E-state index contributed by atoms with van der Waals surface area (Å²) in [7, 11) is 0. The topological polar surface area (TPSA) is 188 Å². The third-order valence-electron chi connectivity index (χ3n) is 4.86. The minimum atomic E-state index is -1.28. The number of nitrogens with one attached hydrogen (secondary N) is 3. The van der Waals surface area contributed by atoms with Gasteiger partial charge in [0.2, 0.25) is 5.95 Å². The predicted molar refractivity (Wildman–Crippen MR) is 121 cm³/mol. The van der Waals surface area contributed by atoms with Gasteiger partial charge in [0.25, 0.3) is 11.5 Å². The second-order valence-corrected chi connectivity index (χ2v) is 9.75. The van der Waals surface area contributed by atoms with Crippen LogP contribution >= 0.6 is 23.1 Å². The van der Waals surface area contributed by atoms with E-state index in [1.165, 1.54) is 23.1 Å². The van der Waals surface area contributed by atoms with Crippen LogP contribution in [0.5, 0.6) is 0 Å². The Labute approximate surface area is 190 Å². The van der Waals surface area contributed by atoms with Gasteiger partial charge in [-0.1, -0.05) is 0 Å². The molecule has 1 aliphatic rings. The standard InChI is InChI=1S/C19H23N5O6S2/c1-8-6-12(16(27)22-10(18(29)30)3-5-13(25)26)32-11(8)4-2-9-7-21-15-14(31-9)17(28)24-19(20)23-15/h6,9-10H,2-5,7H2,1H3,(H,22,27)(H,25,26)(H,29,30)(H4,20,21,23,24,28)/t9?,10-/m1/s1. The van der Waals surface area contributed by atoms with Crippen molar-refractivity contribution in [1.29, 1.82) is 0 Å². The largest absolute Gasteiger partial charge is 0.481 e. The number of carbonyl (C=O) groups excluding carboxylic acids is 1. The van der Waals surface area contributed by atoms with Crippen molar-refractivity contribution in [1.82, 2.24) is 15.3 Å². The van der Waals surface area contributed by atoms with E-state index in [4.69, 9.17) is 10.8 Å². The Morgan fingerprint density at radius 2 is 2.12 bits per heavy atom. The number of carboxylic acid groups (broad SMARTS) is 2. The Bertz CT molecular complexity index is 1100. The van der Waals surface area contributed by atoms with E-state index in [1.807, 2.05) is 6.92 Å². The maximum atomic E-state index is 12.5. The number of fused-ring (bicyclic) bond motifs is 1. The number of hydrogen-bond donors (Lipinski definition) is 6. The van der Waals surface area contributed by atoms with Gasteiger partial charge in [-0.05, 0) is 37.8 Å². The van der Waals surface area contributed by atoms with Crippen LogP contribution in [0.1, 0.15) is 39.4 Å². The maximum Gasteiger partial charge on any atom is 0.326 e. The zero-order valence-electron chi connectivity index (χ0n) is 17.1. The lowest BCUT2D eigenvalue weighted by Crippen LogP contribution is -2.40. The van der Waals surface area contributed by atoms with Crippen LogP contribution in [0.25, 0.3) is 0 Å². The molecule has 0 saturated heterocycles. The summed E-state index contributed by atoms with van der Waals surface area (Å²) in [5.74, 6) is -2.40. The normalized spacial score (nSPS) is 16.0. The van der Waals surface area contributed by atoms with Crippen molar-refractivity contribution in [2.45, 2.75) is 48.8 Å². The van der Waals surface area contributed by atoms with Gasteiger partial charge in [0.1, 0.15) is 16.8 Å². The molecule has 1 aliphatic heterocycles. The van der Waals surface area contributed by atoms with Crippen molar-refractivity contribution >= 4 is 52.7 Å². The molecule has 172 valence electrons. The summed E-state index contributed by atoms with van der Waals surface area (Å²) in [6.07, 6.45) is 0.883. The van der Waals surface area contributed by atoms with Crippen molar-refractivity contribution < 1.29 is 24.6 Å². The number of nitrogens with two attached hydrogens (primary N) is 1. The van der Waals surface area contributed by atoms with E-state index < -0.39 is 23.9 Å². The molecular formula is C19H23N5O6S2. The number of rotatable bonds is 9. The molecule has 11 nitrogen and oxygen atoms in total. The molecule has 0 aromatic carbocycles. The van der Waals surface area contributed by atoms with Gasteiger partial charge in [0.05, 0.1) is 4.88 Å². The minimum Gasteiger partial charge on any atom is -0.481 e. The molecular weight excluding hydrogens is 458 g/mol. The number of thioether (sulfide) groups is 1. The molecule has 2 aromatic heterocycles. The number of nitrogens with zero attached hydrogens (tertiary/aromatic N) is 1. The lowest BCUT2D eigenvalue weighted by atomic mass is 10.1. The second kappa shape index (κ2) is 10.0. The Morgan fingerprint density at radius 3 is 2.81 bits per heavy atom. The van der Waals surface area contributed by atoms with Gasteiger partial charge in [-0.2, -0.15) is 4.98 Å². The van der Waals surface area contributed by atoms with E-state index in [0.29, 0.717) is 28.6 Å². The van der Waals surface area contributed by atoms with Gasteiger partial charge < -0.3 is 26.6 Å². The van der Waals surface area contributed by atoms with Crippen molar-refractivity contribution in [2.24, 2.45) is 0 Å². The number of aliphatic carboxylic acids is 2. The number of nitrogen functional groups attached to an aromatic ring is 1. The molecule has 7 N–H and O–H groups in total. The number of amides is 1. The fourth-order valence-electron chi connectivity index (χ4n) is 3.22. The molecule has 1 unspecified atom stereocenters. The molecule has 0 radical (unpaired) electrons. The summed E-state index contributed by atoms with van der Waals surface area (Å²) in [6.45, 7) is 2.50. The predicted octanol–water partition coefficient (Wildman–Crippen LogP) is 1.29. The fraction of sp³-hybridized carbons (Fsp3) is 0.421. The highest BCUT2D eigenvalue weighted by molar-refractivity contribution is 8.00. The van der Waals surface area contributed by atoms with Crippen molar-refractivity contribution in [3.8, 4) is 0 Å². The van der Waals surface area contributed by atoms with Gasteiger partial charge in [0.15, 0.2) is 0 Å². The fourth-order valence-corrected chi connectivity index (χ4v) is 5.43. The highest BCUT2D eigenvalue weighted by Crippen LogP contribution is 2.34. The van der Waals surface area contributed by atoms with Gasteiger partial charge in [-0.15, -0.1) is 23.1 Å². The quantitative estimate of drug-likeness (QED) is 0.304. The first-order valence-corrected chi connectivity index (χ1v) is 11.5. The number of anilines is 2. The van der Waals surface area contributed by atoms with Crippen LogP contribution < -0.4 is 21.9 Å². The molecule has 1 amide bonds. The molecule has 2 atom stereocenters. The SMILES string of the molecule is Cc1cc(C(=O)N[C@H](CCC(=O)O)C(=O)O)sc1CCC1CNc2nc(N)[nH]c(=O)c2S1. The highest BCUT2D eigenvalue weighted by atomic mass is 32.2. The number of aromatic nitrogens is 2. The minimum absolute atomic E-state index is 0.0633. The number of thiophene rings is 1. The summed E-state index contributed by atoms with van der Waals surface area (Å²) >= 11 is 2.71. The average molecular weight is 482 g/mol. The first-order valence-electron chi connectivity index (χ1n) is 9.79. The highest BCUT2D eigenvalue weighted by Gasteiger charge is 2.25. The number of aromatic amines is 1. The van der Waals surface area contributed by atoms with E-state index in [9.17, 15) is 24.3 Å². The van der Waals surface area contributed by atoms with Gasteiger partial charge in [-0.3, -0.25) is 19.4 Å². The Kier molecular flexibility index (Phi) is 7.40. The van der Waals surface area contributed by atoms with Crippen LogP contribution in [-0.2, 0) is 16.0 Å². The van der Waals surface area contributed by atoms with Gasteiger partial charge >= 0.3 is 11.9 Å². The van der Waals surface area contributed by atoms with Crippen LogP contribution in [0.4, 0.5) is 11.8 Å². The van der Waals surface area contributed by atoms with Crippen LogP contribution in [0.3, 0.4) is 0 Å². The molecule has 13 heteroatoms. The summed E-state index contributed by atoms with van der Waals surface area (Å²) in [5.41, 5.74) is 6.20. The number of carbonyl (C=O) groups is 3. The molecule has 0 fully saturated rings. The molecule has 0 spiro atoms. The lowest BCUT2D eigenvalue weighted by molar-refractivity contribution is -0.140. The molecule has 2 aromatic rings. The smallest absolute Gasteiger partial charge is 0.326 e. The van der Waals surface area contributed by atoms with E-state index in [0.717, 1.165) is 16.9 Å². The molecule has 3 rings (SSSR count). The van der Waals surface area contributed by atoms with E-state index >= 15 is 0 Å². The number of aryl methyl sites for hydroxylation is 2. The molecule has 0 bridgehead atoms. The number of H-pyrrole nitrogens is 1. The van der Waals surface area contributed by atoms with E-state index in [2.05, 4.69) is 20.6 Å². The molecule has 3 heterocycles. The van der Waals surface area contributed by atoms with E-state index in [-0.39, 0.29) is 29.6 Å². The molecule has 0 saturated carbocycles. The summed E-state index contributed by atoms with van der Waals surface area (Å²) in [4.78, 5) is 55.1. The third-order valence-corrected chi connectivity index (χ3v) is 7.51. The maximum absolute atomic E-state index is 12.5. The molecule has 32 heavy (non-hydrogen) atoms. The van der Waals surface area contributed by atoms with Crippen molar-refractivity contribution in [3.63, 3.8) is 0 Å². The van der Waals surface area contributed by atoms with Crippen LogP contribution in [0, 0.1) is 6.92 Å². The number of carboxylic acids is 2. The second-order valence-electron chi connectivity index (χ2n) is 7.30. The zero-order chi connectivity index (χ0) is 23.4. The zero-order valence-corrected chi connectivity index (χ0v) is 18.8. The average Bonchev–Trinajstić information content (AvgIpc) is 3.10. The van der Waals surface area contributed by atoms with Gasteiger partial charge in [0, 0.05) is 23.1 Å². The summed E-state index contributed by atoms with van der Waals surface area (Å²) < 4.78 is 0. The first kappa shape index (κ1) is 23.6. The van der Waals surface area contributed by atoms with Gasteiger partial charge in [-0.25, -0.2) is 4.79 Å².